The molecule has 30 heavy (non-hydrogen) atoms. The Hall–Kier alpha value is -2.89. The van der Waals surface area contributed by atoms with Crippen molar-refractivity contribution in [2.24, 2.45) is 0 Å². The van der Waals surface area contributed by atoms with Crippen molar-refractivity contribution in [2.75, 3.05) is 0 Å². The SMILES string of the molecule is Cc1cc2nc3s/c(=C\c4cc(C)n(-c5ccccc5Cl)c4C)c(=O)n3c2cc1C. The molecule has 0 bridgehead atoms. The molecule has 0 aliphatic carbocycles. The van der Waals surface area contributed by atoms with Crippen LogP contribution in [0.15, 0.2) is 47.3 Å². The van der Waals surface area contributed by atoms with Crippen LogP contribution in [0.2, 0.25) is 5.02 Å². The Balaban J connectivity index is 1.72. The van der Waals surface area contributed by atoms with E-state index in [2.05, 4.69) is 29.5 Å². The molecule has 5 rings (SSSR count). The molecule has 150 valence electrons. The Kier molecular flexibility index (Phi) is 4.34. The van der Waals surface area contributed by atoms with Crippen LogP contribution < -0.4 is 10.1 Å². The average Bonchev–Trinajstić information content (AvgIpc) is 3.29. The van der Waals surface area contributed by atoms with Gasteiger partial charge in [0.1, 0.15) is 0 Å². The first-order valence-corrected chi connectivity index (χ1v) is 10.9. The number of thiazole rings is 1. The highest BCUT2D eigenvalue weighted by molar-refractivity contribution is 7.15. The highest BCUT2D eigenvalue weighted by Crippen LogP contribution is 2.27. The predicted octanol–water partition coefficient (Wildman–Crippen LogP) is 5.13. The van der Waals surface area contributed by atoms with E-state index in [4.69, 9.17) is 11.6 Å². The van der Waals surface area contributed by atoms with Crippen molar-refractivity contribution < 1.29 is 0 Å². The molecule has 0 aliphatic rings. The monoisotopic (exact) mass is 433 g/mol. The molecule has 0 unspecified atom stereocenters. The van der Waals surface area contributed by atoms with Crippen LogP contribution in [0.4, 0.5) is 0 Å². The first-order valence-electron chi connectivity index (χ1n) is 9.73. The summed E-state index contributed by atoms with van der Waals surface area (Å²) in [5, 5.41) is 0.696. The number of fused-ring (bicyclic) bond motifs is 3. The average molecular weight is 434 g/mol. The maximum Gasteiger partial charge on any atom is 0.274 e. The van der Waals surface area contributed by atoms with Crippen molar-refractivity contribution in [3.05, 3.63) is 90.5 Å². The lowest BCUT2D eigenvalue weighted by Gasteiger charge is -2.11. The van der Waals surface area contributed by atoms with Gasteiger partial charge in [0.2, 0.25) is 0 Å². The molecule has 0 spiro atoms. The van der Waals surface area contributed by atoms with Gasteiger partial charge in [-0.25, -0.2) is 9.38 Å². The Morgan fingerprint density at radius 1 is 1.03 bits per heavy atom. The lowest BCUT2D eigenvalue weighted by molar-refractivity contribution is 0.964. The summed E-state index contributed by atoms with van der Waals surface area (Å²) in [7, 11) is 0. The molecule has 0 N–H and O–H groups in total. The third-order valence-corrected chi connectivity index (χ3v) is 6.99. The molecule has 0 radical (unpaired) electrons. The van der Waals surface area contributed by atoms with Crippen LogP contribution in [0.3, 0.4) is 0 Å². The van der Waals surface area contributed by atoms with E-state index in [1.165, 1.54) is 16.9 Å². The van der Waals surface area contributed by atoms with Crippen LogP contribution in [-0.2, 0) is 0 Å². The van der Waals surface area contributed by atoms with E-state index < -0.39 is 0 Å². The smallest absolute Gasteiger partial charge is 0.274 e. The largest absolute Gasteiger partial charge is 0.316 e. The Bertz CT molecular complexity index is 1570. The molecule has 3 aromatic heterocycles. The zero-order valence-corrected chi connectivity index (χ0v) is 18.7. The summed E-state index contributed by atoms with van der Waals surface area (Å²) >= 11 is 7.85. The molecule has 0 atom stereocenters. The summed E-state index contributed by atoms with van der Waals surface area (Å²) in [6.07, 6.45) is 1.96. The molecular formula is C24H20ClN3OS. The number of imidazole rings is 1. The quantitative estimate of drug-likeness (QED) is 0.387. The van der Waals surface area contributed by atoms with Gasteiger partial charge in [-0.2, -0.15) is 0 Å². The molecule has 4 nitrogen and oxygen atoms in total. The Morgan fingerprint density at radius 2 is 1.77 bits per heavy atom. The highest BCUT2D eigenvalue weighted by atomic mass is 35.5. The van der Waals surface area contributed by atoms with Gasteiger partial charge in [0, 0.05) is 11.4 Å². The van der Waals surface area contributed by atoms with E-state index >= 15 is 0 Å². The summed E-state index contributed by atoms with van der Waals surface area (Å²) in [5.41, 5.74) is 8.10. The van der Waals surface area contributed by atoms with Gasteiger partial charge in [-0.05, 0) is 80.8 Å². The molecule has 0 saturated heterocycles. The molecule has 0 aliphatic heterocycles. The molecule has 2 aromatic carbocycles. The molecule has 3 heterocycles. The number of benzene rings is 2. The van der Waals surface area contributed by atoms with Crippen molar-refractivity contribution in [1.82, 2.24) is 14.0 Å². The van der Waals surface area contributed by atoms with Crippen molar-refractivity contribution in [2.45, 2.75) is 27.7 Å². The number of halogens is 1. The van der Waals surface area contributed by atoms with Crippen molar-refractivity contribution in [3.63, 3.8) is 0 Å². The van der Waals surface area contributed by atoms with Gasteiger partial charge in [0.15, 0.2) is 4.96 Å². The molecule has 0 saturated carbocycles. The topological polar surface area (TPSA) is 39.3 Å². The second-order valence-corrected chi connectivity index (χ2v) is 9.10. The minimum absolute atomic E-state index is 0.0247. The fourth-order valence-electron chi connectivity index (χ4n) is 4.00. The van der Waals surface area contributed by atoms with Crippen molar-refractivity contribution in [1.29, 1.82) is 0 Å². The first-order chi connectivity index (χ1) is 14.3. The zero-order valence-electron chi connectivity index (χ0n) is 17.2. The number of aromatic nitrogens is 3. The normalized spacial score (nSPS) is 12.5. The fourth-order valence-corrected chi connectivity index (χ4v) is 5.20. The second kappa shape index (κ2) is 6.83. The van der Waals surface area contributed by atoms with Gasteiger partial charge in [-0.1, -0.05) is 35.1 Å². The molecular weight excluding hydrogens is 414 g/mol. The third kappa shape index (κ3) is 2.81. The van der Waals surface area contributed by atoms with E-state index in [0.717, 1.165) is 44.2 Å². The number of rotatable bonds is 2. The number of nitrogens with zero attached hydrogens (tertiary/aromatic N) is 3. The van der Waals surface area contributed by atoms with Crippen LogP contribution in [0, 0.1) is 27.7 Å². The first kappa shape index (κ1) is 19.1. The minimum Gasteiger partial charge on any atom is -0.316 e. The van der Waals surface area contributed by atoms with Crippen LogP contribution in [0.25, 0.3) is 27.8 Å². The number of aryl methyl sites for hydroxylation is 3. The van der Waals surface area contributed by atoms with Gasteiger partial charge in [0.05, 0.1) is 26.3 Å². The molecule has 0 fully saturated rings. The van der Waals surface area contributed by atoms with Gasteiger partial charge >= 0.3 is 0 Å². The van der Waals surface area contributed by atoms with Gasteiger partial charge in [0.25, 0.3) is 5.56 Å². The van der Waals surface area contributed by atoms with E-state index in [9.17, 15) is 4.79 Å². The van der Waals surface area contributed by atoms with Gasteiger partial charge in [-0.3, -0.25) is 4.79 Å². The summed E-state index contributed by atoms with van der Waals surface area (Å²) in [6, 6.07) is 14.0. The van der Waals surface area contributed by atoms with Crippen LogP contribution in [-0.4, -0.2) is 14.0 Å². The number of para-hydroxylation sites is 1. The summed E-state index contributed by atoms with van der Waals surface area (Å²) in [4.78, 5) is 18.6. The van der Waals surface area contributed by atoms with Crippen LogP contribution >= 0.6 is 22.9 Å². The Morgan fingerprint density at radius 3 is 2.53 bits per heavy atom. The Labute approximate surface area is 182 Å². The number of hydrogen-bond acceptors (Lipinski definition) is 3. The molecule has 0 amide bonds. The maximum atomic E-state index is 13.2. The maximum absolute atomic E-state index is 13.2. The zero-order chi connectivity index (χ0) is 21.2. The van der Waals surface area contributed by atoms with Gasteiger partial charge < -0.3 is 4.57 Å². The van der Waals surface area contributed by atoms with Crippen molar-refractivity contribution >= 4 is 45.0 Å². The fraction of sp³-hybridized carbons (Fsp3) is 0.167. The molecule has 5 aromatic rings. The predicted molar refractivity (Wildman–Crippen MR) is 125 cm³/mol. The van der Waals surface area contributed by atoms with Crippen LogP contribution in [0.1, 0.15) is 28.1 Å². The van der Waals surface area contributed by atoms with Crippen LogP contribution in [0.5, 0.6) is 0 Å². The number of hydrogen-bond donors (Lipinski definition) is 0. The minimum atomic E-state index is -0.0247. The molecule has 6 heteroatoms. The summed E-state index contributed by atoms with van der Waals surface area (Å²) in [6.45, 7) is 8.22. The third-order valence-electron chi connectivity index (χ3n) is 5.70. The standard InChI is InChI=1S/C24H20ClN3OS/c1-13-9-19-21(10-14(13)2)28-23(29)22(30-24(28)26-19)12-17-11-15(3)27(16(17)4)20-8-6-5-7-18(20)25/h5-12H,1-4H3/b22-12-. The second-order valence-electron chi connectivity index (χ2n) is 7.68. The van der Waals surface area contributed by atoms with Crippen molar-refractivity contribution in [3.8, 4) is 5.69 Å². The summed E-state index contributed by atoms with van der Waals surface area (Å²) < 4.78 is 4.53. The van der Waals surface area contributed by atoms with E-state index in [-0.39, 0.29) is 5.56 Å². The lowest BCUT2D eigenvalue weighted by Crippen LogP contribution is -2.22. The van der Waals surface area contributed by atoms with E-state index in [1.54, 1.807) is 4.40 Å². The van der Waals surface area contributed by atoms with E-state index in [0.29, 0.717) is 9.55 Å². The lowest BCUT2D eigenvalue weighted by atomic mass is 10.1. The highest BCUT2D eigenvalue weighted by Gasteiger charge is 2.15. The van der Waals surface area contributed by atoms with Gasteiger partial charge in [-0.15, -0.1) is 0 Å². The van der Waals surface area contributed by atoms with E-state index in [1.807, 2.05) is 56.3 Å². The summed E-state index contributed by atoms with van der Waals surface area (Å²) in [5.74, 6) is 0.